The standard InChI is InChI=1S/C22H18N4O3/c1-2-29-22(28)18-5-3-4-6-19(18)26-20-13-16(11-12-24-20)21(27)25-17-9-7-15(14-23)8-10-17/h3-13H,2H2,1H3,(H,24,26)(H,25,27). The molecule has 7 nitrogen and oxygen atoms in total. The molecule has 7 heteroatoms. The van der Waals surface area contributed by atoms with Gasteiger partial charge in [-0.2, -0.15) is 5.26 Å². The normalized spacial score (nSPS) is 9.93. The van der Waals surface area contributed by atoms with E-state index in [-0.39, 0.29) is 12.5 Å². The number of nitrogens with zero attached hydrogens (tertiary/aromatic N) is 2. The predicted octanol–water partition coefficient (Wildman–Crippen LogP) is 4.13. The van der Waals surface area contributed by atoms with E-state index >= 15 is 0 Å². The predicted molar refractivity (Wildman–Crippen MR) is 109 cm³/mol. The van der Waals surface area contributed by atoms with E-state index < -0.39 is 5.97 Å². The molecule has 1 aromatic heterocycles. The van der Waals surface area contributed by atoms with Gasteiger partial charge in [-0.3, -0.25) is 4.79 Å². The molecule has 0 atom stereocenters. The van der Waals surface area contributed by atoms with Gasteiger partial charge in [0.25, 0.3) is 5.91 Å². The Bertz CT molecular complexity index is 1070. The molecule has 0 bridgehead atoms. The van der Waals surface area contributed by atoms with E-state index in [4.69, 9.17) is 10.00 Å². The summed E-state index contributed by atoms with van der Waals surface area (Å²) < 4.78 is 5.07. The second-order valence-electron chi connectivity index (χ2n) is 5.96. The number of benzene rings is 2. The van der Waals surface area contributed by atoms with E-state index in [1.807, 2.05) is 6.07 Å². The molecule has 0 aliphatic heterocycles. The monoisotopic (exact) mass is 386 g/mol. The molecule has 144 valence electrons. The lowest BCUT2D eigenvalue weighted by molar-refractivity contribution is 0.0527. The largest absolute Gasteiger partial charge is 0.462 e. The molecule has 0 unspecified atom stereocenters. The van der Waals surface area contributed by atoms with Crippen LogP contribution < -0.4 is 10.6 Å². The average Bonchev–Trinajstić information content (AvgIpc) is 2.75. The number of hydrogen-bond acceptors (Lipinski definition) is 6. The summed E-state index contributed by atoms with van der Waals surface area (Å²) in [7, 11) is 0. The molecular formula is C22H18N4O3. The number of pyridine rings is 1. The van der Waals surface area contributed by atoms with Gasteiger partial charge >= 0.3 is 5.97 Å². The highest BCUT2D eigenvalue weighted by Crippen LogP contribution is 2.21. The Morgan fingerprint density at radius 3 is 2.59 bits per heavy atom. The number of para-hydroxylation sites is 1. The van der Waals surface area contributed by atoms with E-state index in [0.717, 1.165) is 0 Å². The zero-order valence-corrected chi connectivity index (χ0v) is 15.7. The van der Waals surface area contributed by atoms with Crippen molar-refractivity contribution in [1.29, 1.82) is 5.26 Å². The second kappa shape index (κ2) is 9.15. The number of nitrogens with one attached hydrogen (secondary N) is 2. The van der Waals surface area contributed by atoms with Gasteiger partial charge in [0, 0.05) is 17.4 Å². The number of amides is 1. The van der Waals surface area contributed by atoms with E-state index in [2.05, 4.69) is 15.6 Å². The number of carbonyl (C=O) groups excluding carboxylic acids is 2. The third kappa shape index (κ3) is 4.96. The topological polar surface area (TPSA) is 104 Å². The summed E-state index contributed by atoms with van der Waals surface area (Å²) in [6.07, 6.45) is 1.50. The Kier molecular flexibility index (Phi) is 6.18. The Balaban J connectivity index is 1.77. The third-order valence-corrected chi connectivity index (χ3v) is 3.98. The molecule has 3 aromatic rings. The van der Waals surface area contributed by atoms with E-state index in [1.54, 1.807) is 67.6 Å². The van der Waals surface area contributed by atoms with Crippen LogP contribution in [-0.4, -0.2) is 23.5 Å². The molecule has 29 heavy (non-hydrogen) atoms. The van der Waals surface area contributed by atoms with Crippen LogP contribution >= 0.6 is 0 Å². The minimum atomic E-state index is -0.440. The maximum atomic E-state index is 12.5. The van der Waals surface area contributed by atoms with Crippen LogP contribution in [0.3, 0.4) is 0 Å². The lowest BCUT2D eigenvalue weighted by atomic mass is 10.1. The smallest absolute Gasteiger partial charge is 0.340 e. The fraction of sp³-hybridized carbons (Fsp3) is 0.0909. The van der Waals surface area contributed by atoms with Crippen LogP contribution in [0.4, 0.5) is 17.2 Å². The second-order valence-corrected chi connectivity index (χ2v) is 5.96. The number of rotatable bonds is 6. The first-order chi connectivity index (χ1) is 14.1. The van der Waals surface area contributed by atoms with Crippen LogP contribution in [-0.2, 0) is 4.74 Å². The molecule has 0 radical (unpaired) electrons. The van der Waals surface area contributed by atoms with Crippen molar-refractivity contribution >= 4 is 29.1 Å². The average molecular weight is 386 g/mol. The van der Waals surface area contributed by atoms with Crippen molar-refractivity contribution < 1.29 is 14.3 Å². The van der Waals surface area contributed by atoms with Gasteiger partial charge in [-0.1, -0.05) is 12.1 Å². The number of aromatic nitrogens is 1. The molecule has 2 N–H and O–H groups in total. The van der Waals surface area contributed by atoms with Gasteiger partial charge in [0.05, 0.1) is 29.5 Å². The number of carbonyl (C=O) groups is 2. The molecular weight excluding hydrogens is 368 g/mol. The van der Waals surface area contributed by atoms with Gasteiger partial charge < -0.3 is 15.4 Å². The minimum absolute atomic E-state index is 0.274. The molecule has 0 saturated heterocycles. The van der Waals surface area contributed by atoms with Crippen molar-refractivity contribution in [3.05, 3.63) is 83.6 Å². The van der Waals surface area contributed by atoms with Gasteiger partial charge in [0.1, 0.15) is 5.82 Å². The van der Waals surface area contributed by atoms with Gasteiger partial charge in [-0.05, 0) is 55.5 Å². The Morgan fingerprint density at radius 2 is 1.86 bits per heavy atom. The van der Waals surface area contributed by atoms with Gasteiger partial charge in [0.2, 0.25) is 0 Å². The summed E-state index contributed by atoms with van der Waals surface area (Å²) >= 11 is 0. The SMILES string of the molecule is CCOC(=O)c1ccccc1Nc1cc(C(=O)Nc2ccc(C#N)cc2)ccn1. The van der Waals surface area contributed by atoms with Crippen molar-refractivity contribution in [3.8, 4) is 6.07 Å². The fourth-order valence-electron chi connectivity index (χ4n) is 2.59. The van der Waals surface area contributed by atoms with Crippen molar-refractivity contribution in [1.82, 2.24) is 4.98 Å². The Hall–Kier alpha value is -4.18. The number of nitriles is 1. The molecule has 0 fully saturated rings. The van der Waals surface area contributed by atoms with Crippen LogP contribution in [0.1, 0.15) is 33.2 Å². The maximum Gasteiger partial charge on any atom is 0.340 e. The third-order valence-electron chi connectivity index (χ3n) is 3.98. The first kappa shape index (κ1) is 19.6. The van der Waals surface area contributed by atoms with E-state index in [1.165, 1.54) is 6.20 Å². The summed E-state index contributed by atoms with van der Waals surface area (Å²) in [5.41, 5.74) is 2.39. The zero-order chi connectivity index (χ0) is 20.6. The highest BCUT2D eigenvalue weighted by atomic mass is 16.5. The summed E-state index contributed by atoms with van der Waals surface area (Å²) in [6.45, 7) is 2.02. The molecule has 0 saturated carbocycles. The number of hydrogen-bond donors (Lipinski definition) is 2. The summed E-state index contributed by atoms with van der Waals surface area (Å²) in [5, 5.41) is 14.7. The first-order valence-corrected chi connectivity index (χ1v) is 8.91. The molecule has 0 aliphatic rings. The lowest BCUT2D eigenvalue weighted by Crippen LogP contribution is -2.13. The van der Waals surface area contributed by atoms with Crippen molar-refractivity contribution in [2.75, 3.05) is 17.2 Å². The van der Waals surface area contributed by atoms with Crippen molar-refractivity contribution in [3.63, 3.8) is 0 Å². The first-order valence-electron chi connectivity index (χ1n) is 8.91. The van der Waals surface area contributed by atoms with Crippen molar-refractivity contribution in [2.45, 2.75) is 6.92 Å². The van der Waals surface area contributed by atoms with Crippen LogP contribution in [0.25, 0.3) is 0 Å². The molecule has 2 aromatic carbocycles. The highest BCUT2D eigenvalue weighted by Gasteiger charge is 2.13. The maximum absolute atomic E-state index is 12.5. The van der Waals surface area contributed by atoms with Crippen molar-refractivity contribution in [2.24, 2.45) is 0 Å². The molecule has 1 heterocycles. The van der Waals surface area contributed by atoms with Crippen LogP contribution in [0.15, 0.2) is 66.9 Å². The Morgan fingerprint density at radius 1 is 1.10 bits per heavy atom. The fourth-order valence-corrected chi connectivity index (χ4v) is 2.59. The molecule has 0 aliphatic carbocycles. The molecule has 1 amide bonds. The summed E-state index contributed by atoms with van der Waals surface area (Å²) in [6, 6.07) is 18.7. The highest BCUT2D eigenvalue weighted by molar-refractivity contribution is 6.04. The quantitative estimate of drug-likeness (QED) is 0.618. The summed E-state index contributed by atoms with van der Waals surface area (Å²) in [5.74, 6) is -0.349. The zero-order valence-electron chi connectivity index (χ0n) is 15.7. The van der Waals surface area contributed by atoms with Gasteiger partial charge in [0.15, 0.2) is 0 Å². The molecule has 0 spiro atoms. The summed E-state index contributed by atoms with van der Waals surface area (Å²) in [4.78, 5) is 28.9. The minimum Gasteiger partial charge on any atom is -0.462 e. The number of esters is 1. The van der Waals surface area contributed by atoms with Gasteiger partial charge in [-0.15, -0.1) is 0 Å². The van der Waals surface area contributed by atoms with E-state index in [9.17, 15) is 9.59 Å². The van der Waals surface area contributed by atoms with Gasteiger partial charge in [-0.25, -0.2) is 9.78 Å². The van der Waals surface area contributed by atoms with Crippen LogP contribution in [0, 0.1) is 11.3 Å². The Labute approximate surface area is 168 Å². The molecule has 3 rings (SSSR count). The van der Waals surface area contributed by atoms with Crippen LogP contribution in [0.2, 0.25) is 0 Å². The number of anilines is 3. The number of ether oxygens (including phenoxy) is 1. The van der Waals surface area contributed by atoms with Crippen LogP contribution in [0.5, 0.6) is 0 Å². The van der Waals surface area contributed by atoms with E-state index in [0.29, 0.717) is 33.9 Å². The lowest BCUT2D eigenvalue weighted by Gasteiger charge is -2.11.